The maximum absolute atomic E-state index is 11.5. The van der Waals surface area contributed by atoms with E-state index < -0.39 is 46.2 Å². The van der Waals surface area contributed by atoms with Gasteiger partial charge in [-0.3, -0.25) is 9.09 Å². The Morgan fingerprint density at radius 1 is 1.46 bits per heavy atom. The molecule has 1 unspecified atom stereocenters. The smallest absolute Gasteiger partial charge is 0.469 e. The SMILES string of the molecule is Nc1ncnc2c1ncn2[C@@H]1O[C@H](COP(=O)(O)O)[C@](O)([P+](=O)[O-])[C@H]1O. The van der Waals surface area contributed by atoms with Crippen molar-refractivity contribution in [3.05, 3.63) is 12.7 Å². The number of anilines is 1. The van der Waals surface area contributed by atoms with E-state index in [1.807, 2.05) is 0 Å². The molecule has 0 spiro atoms. The van der Waals surface area contributed by atoms with Crippen LogP contribution in [-0.4, -0.2) is 63.7 Å². The Balaban J connectivity index is 1.99. The Morgan fingerprint density at radius 3 is 2.77 bits per heavy atom. The molecule has 0 aromatic carbocycles. The molecule has 5 atom stereocenters. The van der Waals surface area contributed by atoms with Gasteiger partial charge in [-0.05, 0) is 0 Å². The monoisotopic (exact) mass is 409 g/mol. The first-order valence-electron chi connectivity index (χ1n) is 6.89. The number of hydrogen-bond donors (Lipinski definition) is 5. The minimum absolute atomic E-state index is 0.0211. The van der Waals surface area contributed by atoms with E-state index in [4.69, 9.17) is 20.3 Å². The van der Waals surface area contributed by atoms with Gasteiger partial charge in [0, 0.05) is 0 Å². The molecule has 3 rings (SSSR count). The summed E-state index contributed by atoms with van der Waals surface area (Å²) in [5, 5.41) is 17.9. The number of hydrogen-bond acceptors (Lipinski definition) is 11. The predicted octanol–water partition coefficient (Wildman–Crippen LogP) is -2.43. The predicted molar refractivity (Wildman–Crippen MR) is 80.2 cm³/mol. The van der Waals surface area contributed by atoms with Gasteiger partial charge < -0.3 is 35.4 Å². The van der Waals surface area contributed by atoms with E-state index >= 15 is 0 Å². The number of fused-ring (bicyclic) bond motifs is 1. The number of ether oxygens (including phenoxy) is 1. The topological polar surface area (TPSA) is 226 Å². The van der Waals surface area contributed by atoms with Gasteiger partial charge in [-0.25, -0.2) is 19.5 Å². The van der Waals surface area contributed by atoms with E-state index in [0.29, 0.717) is 0 Å². The van der Waals surface area contributed by atoms with Gasteiger partial charge in [0.05, 0.1) is 12.9 Å². The van der Waals surface area contributed by atoms with Crippen LogP contribution in [-0.2, 0) is 18.4 Å². The number of imidazole rings is 1. The number of aromatic nitrogens is 4. The van der Waals surface area contributed by atoms with Crippen LogP contribution in [0.5, 0.6) is 0 Å². The van der Waals surface area contributed by atoms with Crippen LogP contribution < -0.4 is 10.6 Å². The summed E-state index contributed by atoms with van der Waals surface area (Å²) in [4.78, 5) is 40.6. The molecule has 1 aliphatic heterocycles. The number of aliphatic hydroxyl groups excluding tert-OH is 1. The second kappa shape index (κ2) is 6.53. The fraction of sp³-hybridized carbons (Fsp3) is 0.500. The van der Waals surface area contributed by atoms with Crippen molar-refractivity contribution in [2.24, 2.45) is 0 Å². The van der Waals surface area contributed by atoms with Gasteiger partial charge in [-0.1, -0.05) is 4.57 Å². The molecule has 1 aliphatic rings. The molecule has 142 valence electrons. The van der Waals surface area contributed by atoms with Gasteiger partial charge >= 0.3 is 21.2 Å². The van der Waals surface area contributed by atoms with E-state index in [9.17, 15) is 24.2 Å². The number of phosphoric ester groups is 1. The minimum atomic E-state index is -4.98. The lowest BCUT2D eigenvalue weighted by Crippen LogP contribution is -2.48. The van der Waals surface area contributed by atoms with Gasteiger partial charge in [0.1, 0.15) is 11.8 Å². The Labute approximate surface area is 145 Å². The minimum Gasteiger partial charge on any atom is -0.593 e. The summed E-state index contributed by atoms with van der Waals surface area (Å²) in [5.74, 6) is 0.0211. The fourth-order valence-corrected chi connectivity index (χ4v) is 3.61. The van der Waals surface area contributed by atoms with Crippen LogP contribution in [0.3, 0.4) is 0 Å². The molecule has 14 nitrogen and oxygen atoms in total. The van der Waals surface area contributed by atoms with Gasteiger partial charge in [0.2, 0.25) is 0 Å². The zero-order valence-electron chi connectivity index (χ0n) is 12.7. The Kier molecular flexibility index (Phi) is 4.82. The summed E-state index contributed by atoms with van der Waals surface area (Å²) in [7, 11) is -8.68. The van der Waals surface area contributed by atoms with Crippen molar-refractivity contribution < 1.29 is 43.3 Å². The second-order valence-electron chi connectivity index (χ2n) is 5.37. The van der Waals surface area contributed by atoms with E-state index in [2.05, 4.69) is 19.5 Å². The fourth-order valence-electron chi connectivity index (χ4n) is 2.57. The Morgan fingerprint density at radius 2 is 2.15 bits per heavy atom. The van der Waals surface area contributed by atoms with Gasteiger partial charge in [-0.15, -0.1) is 0 Å². The number of nitrogens with zero attached hydrogens (tertiary/aromatic N) is 4. The molecule has 2 aromatic heterocycles. The van der Waals surface area contributed by atoms with Crippen LogP contribution in [0.25, 0.3) is 11.2 Å². The molecular formula is C10H13N5O9P2. The molecule has 0 radical (unpaired) electrons. The van der Waals surface area contributed by atoms with E-state index in [1.54, 1.807) is 0 Å². The number of phosphoric acid groups is 1. The summed E-state index contributed by atoms with van der Waals surface area (Å²) >= 11 is 0. The first-order valence-corrected chi connectivity index (χ1v) is 9.60. The van der Waals surface area contributed by atoms with Crippen LogP contribution in [0.1, 0.15) is 6.23 Å². The summed E-state index contributed by atoms with van der Waals surface area (Å²) < 4.78 is 33.0. The lowest BCUT2D eigenvalue weighted by Gasteiger charge is -2.22. The van der Waals surface area contributed by atoms with Gasteiger partial charge in [-0.2, -0.15) is 0 Å². The summed E-state index contributed by atoms with van der Waals surface area (Å²) in [6.07, 6.45) is -3.10. The first-order chi connectivity index (χ1) is 12.1. The standard InChI is InChI=1S/C10H13N5O9P2/c11-7-5-8(13-2-12-7)15(3-14-5)9-6(16)10(17,25(18)19)4(24-9)1-23-26(20,21)22/h2-4,6,9,16-17H,1H2,(H2,11,12,13)(H2,20,21,22)/t4-,6+,9-,10+/m1/s1. The lowest BCUT2D eigenvalue weighted by molar-refractivity contribution is -0.189. The summed E-state index contributed by atoms with van der Waals surface area (Å²) in [6, 6.07) is 0. The van der Waals surface area contributed by atoms with Crippen LogP contribution >= 0.6 is 15.9 Å². The molecule has 3 heterocycles. The number of aliphatic hydroxyl groups is 2. The largest absolute Gasteiger partial charge is 0.593 e. The molecule has 1 fully saturated rings. The molecule has 6 N–H and O–H groups in total. The second-order valence-corrected chi connectivity index (χ2v) is 7.84. The highest BCUT2D eigenvalue weighted by Crippen LogP contribution is 2.49. The molecular weight excluding hydrogens is 396 g/mol. The molecule has 0 bridgehead atoms. The van der Waals surface area contributed by atoms with E-state index in [1.165, 1.54) is 0 Å². The Hall–Kier alpha value is -1.60. The molecule has 2 aromatic rings. The number of nitrogen functional groups attached to an aromatic ring is 1. The maximum Gasteiger partial charge on any atom is 0.469 e. The van der Waals surface area contributed by atoms with Gasteiger partial charge in [0.15, 0.2) is 29.9 Å². The third-order valence-corrected chi connectivity index (χ3v) is 5.45. The van der Waals surface area contributed by atoms with Crippen LogP contribution in [0.2, 0.25) is 0 Å². The quantitative estimate of drug-likeness (QED) is 0.324. The van der Waals surface area contributed by atoms with Crippen molar-refractivity contribution in [1.29, 1.82) is 0 Å². The van der Waals surface area contributed by atoms with Crippen LogP contribution in [0, 0.1) is 0 Å². The molecule has 0 aliphatic carbocycles. The van der Waals surface area contributed by atoms with E-state index in [-0.39, 0.29) is 17.0 Å². The molecule has 16 heteroatoms. The van der Waals surface area contributed by atoms with E-state index in [0.717, 1.165) is 17.2 Å². The van der Waals surface area contributed by atoms with Gasteiger partial charge in [0.25, 0.3) is 0 Å². The lowest BCUT2D eigenvalue weighted by atomic mass is 10.1. The van der Waals surface area contributed by atoms with Crippen molar-refractivity contribution in [2.45, 2.75) is 23.8 Å². The van der Waals surface area contributed by atoms with Crippen molar-refractivity contribution in [1.82, 2.24) is 19.5 Å². The third kappa shape index (κ3) is 3.11. The van der Waals surface area contributed by atoms with Crippen molar-refractivity contribution >= 4 is 32.8 Å². The molecule has 26 heavy (non-hydrogen) atoms. The van der Waals surface area contributed by atoms with Crippen LogP contribution in [0.15, 0.2) is 12.7 Å². The average molecular weight is 409 g/mol. The molecule has 0 amide bonds. The normalized spacial score (nSPS) is 30.0. The number of nitrogens with two attached hydrogens (primary N) is 1. The molecule has 0 saturated carbocycles. The van der Waals surface area contributed by atoms with Crippen LogP contribution in [0.4, 0.5) is 5.82 Å². The summed E-state index contributed by atoms with van der Waals surface area (Å²) in [5.41, 5.74) is 5.88. The zero-order chi connectivity index (χ0) is 19.3. The maximum atomic E-state index is 11.5. The number of rotatable bonds is 5. The zero-order valence-corrected chi connectivity index (χ0v) is 14.5. The summed E-state index contributed by atoms with van der Waals surface area (Å²) in [6.45, 7) is -0.999. The highest BCUT2D eigenvalue weighted by molar-refractivity contribution is 7.46. The molecule has 1 saturated heterocycles. The first kappa shape index (κ1) is 19.2. The average Bonchev–Trinajstić information content (AvgIpc) is 3.07. The third-order valence-electron chi connectivity index (χ3n) is 3.83. The highest BCUT2D eigenvalue weighted by Gasteiger charge is 2.66. The van der Waals surface area contributed by atoms with Crippen molar-refractivity contribution in [3.8, 4) is 0 Å². The Bertz CT molecular complexity index is 902. The van der Waals surface area contributed by atoms with Crippen molar-refractivity contribution in [3.63, 3.8) is 0 Å². The van der Waals surface area contributed by atoms with Crippen molar-refractivity contribution in [2.75, 3.05) is 12.3 Å². The highest BCUT2D eigenvalue weighted by atomic mass is 31.2.